The number of pyridine rings is 1. The smallest absolute Gasteiger partial charge is 0.339 e. The van der Waals surface area contributed by atoms with Crippen LogP contribution in [-0.2, 0) is 32.6 Å². The lowest BCUT2D eigenvalue weighted by Gasteiger charge is -2.34. The zero-order valence-electron chi connectivity index (χ0n) is 19.2. The van der Waals surface area contributed by atoms with Crippen LogP contribution in [0.3, 0.4) is 0 Å². The zero-order chi connectivity index (χ0) is 24.0. The predicted molar refractivity (Wildman–Crippen MR) is 125 cm³/mol. The molecule has 1 amide bonds. The maximum atomic E-state index is 12.8. The van der Waals surface area contributed by atoms with Crippen LogP contribution in [0, 0.1) is 0 Å². The van der Waals surface area contributed by atoms with E-state index >= 15 is 0 Å². The van der Waals surface area contributed by atoms with Crippen LogP contribution in [0.2, 0.25) is 0 Å². The second-order valence-electron chi connectivity index (χ2n) is 7.89. The summed E-state index contributed by atoms with van der Waals surface area (Å²) in [4.78, 5) is 31.5. The Hall–Kier alpha value is -2.98. The number of carbonyl (C=O) groups is 2. The Morgan fingerprint density at radius 1 is 1.06 bits per heavy atom. The number of amides is 1. The number of hydrogen-bond acceptors (Lipinski definition) is 7. The predicted octanol–water partition coefficient (Wildman–Crippen LogP) is 1.89. The highest BCUT2D eigenvalue weighted by Crippen LogP contribution is 2.22. The molecule has 1 aliphatic rings. The van der Waals surface area contributed by atoms with E-state index in [1.807, 2.05) is 17.0 Å². The summed E-state index contributed by atoms with van der Waals surface area (Å²) >= 11 is 0. The summed E-state index contributed by atoms with van der Waals surface area (Å²) in [6.45, 7) is 7.05. The van der Waals surface area contributed by atoms with Gasteiger partial charge in [-0.1, -0.05) is 12.1 Å². The summed E-state index contributed by atoms with van der Waals surface area (Å²) in [7, 11) is -2.25. The molecule has 178 valence electrons. The zero-order valence-corrected chi connectivity index (χ0v) is 20.0. The number of ether oxygens (including phenoxy) is 1. The first-order chi connectivity index (χ1) is 15.7. The summed E-state index contributed by atoms with van der Waals surface area (Å²) in [5.74, 6) is -0.439. The van der Waals surface area contributed by atoms with Gasteiger partial charge in [0.05, 0.1) is 36.4 Å². The molecule has 0 N–H and O–H groups in total. The summed E-state index contributed by atoms with van der Waals surface area (Å²) in [6, 6.07) is 10.7. The highest BCUT2D eigenvalue weighted by atomic mass is 32.2. The van der Waals surface area contributed by atoms with Crippen LogP contribution in [0.15, 0.2) is 42.6 Å². The third kappa shape index (κ3) is 6.29. The van der Waals surface area contributed by atoms with Gasteiger partial charge >= 0.3 is 5.97 Å². The van der Waals surface area contributed by atoms with Crippen LogP contribution in [0.4, 0.5) is 5.69 Å². The third-order valence-electron chi connectivity index (χ3n) is 5.70. The van der Waals surface area contributed by atoms with Gasteiger partial charge in [-0.2, -0.15) is 0 Å². The number of sulfonamides is 1. The molecule has 33 heavy (non-hydrogen) atoms. The molecule has 0 spiro atoms. The molecule has 9 nitrogen and oxygen atoms in total. The van der Waals surface area contributed by atoms with Crippen LogP contribution < -0.4 is 4.31 Å². The number of aromatic nitrogens is 1. The van der Waals surface area contributed by atoms with Crippen molar-refractivity contribution in [1.82, 2.24) is 14.8 Å². The lowest BCUT2D eigenvalue weighted by Crippen LogP contribution is -2.47. The maximum absolute atomic E-state index is 12.8. The largest absolute Gasteiger partial charge is 0.465 e. The van der Waals surface area contributed by atoms with Crippen LogP contribution in [0.5, 0.6) is 0 Å². The minimum Gasteiger partial charge on any atom is -0.465 e. The lowest BCUT2D eigenvalue weighted by molar-refractivity contribution is -0.130. The number of rotatable bonds is 8. The topological polar surface area (TPSA) is 100 Å². The maximum Gasteiger partial charge on any atom is 0.339 e. The Kier molecular flexibility index (Phi) is 8.04. The number of methoxy groups -OCH3 is 1. The van der Waals surface area contributed by atoms with E-state index < -0.39 is 16.0 Å². The van der Waals surface area contributed by atoms with Gasteiger partial charge in [-0.3, -0.25) is 19.0 Å². The van der Waals surface area contributed by atoms with Crippen molar-refractivity contribution in [2.24, 2.45) is 0 Å². The van der Waals surface area contributed by atoms with Crippen LogP contribution in [-0.4, -0.2) is 74.1 Å². The molecule has 1 aromatic carbocycles. The number of benzene rings is 1. The molecule has 2 aromatic rings. The number of esters is 1. The van der Waals surface area contributed by atoms with E-state index in [9.17, 15) is 18.0 Å². The van der Waals surface area contributed by atoms with Crippen molar-refractivity contribution < 1.29 is 22.7 Å². The number of nitrogens with zero attached hydrogens (tertiary/aromatic N) is 4. The Morgan fingerprint density at radius 3 is 2.24 bits per heavy atom. The summed E-state index contributed by atoms with van der Waals surface area (Å²) in [5, 5.41) is 0. The highest BCUT2D eigenvalue weighted by molar-refractivity contribution is 7.92. The summed E-state index contributed by atoms with van der Waals surface area (Å²) in [6.07, 6.45) is 1.38. The molecule has 1 aliphatic heterocycles. The van der Waals surface area contributed by atoms with Crippen LogP contribution in [0.25, 0.3) is 0 Å². The van der Waals surface area contributed by atoms with Gasteiger partial charge in [0.2, 0.25) is 15.9 Å². The van der Waals surface area contributed by atoms with Crippen molar-refractivity contribution >= 4 is 27.6 Å². The second kappa shape index (κ2) is 10.8. The van der Waals surface area contributed by atoms with Crippen LogP contribution >= 0.6 is 0 Å². The first-order valence-electron chi connectivity index (χ1n) is 10.8. The highest BCUT2D eigenvalue weighted by Gasteiger charge is 2.22. The van der Waals surface area contributed by atoms with Crippen LogP contribution in [0.1, 0.15) is 35.5 Å². The SMILES string of the molecule is CCS(=O)(=O)N(Cc1ccc(C(=O)OC)cn1)c1ccc(CN2CCN(C(C)=O)CC2)cc1. The van der Waals surface area contributed by atoms with Gasteiger partial charge in [0, 0.05) is 45.8 Å². The number of piperazine rings is 1. The first-order valence-corrected chi connectivity index (χ1v) is 12.4. The lowest BCUT2D eigenvalue weighted by atomic mass is 10.1. The Morgan fingerprint density at radius 2 is 1.73 bits per heavy atom. The molecular formula is C23H30N4O5S. The molecule has 0 aliphatic carbocycles. The van der Waals surface area contributed by atoms with Gasteiger partial charge < -0.3 is 9.64 Å². The second-order valence-corrected chi connectivity index (χ2v) is 10.1. The minimum absolute atomic E-state index is 0.0462. The molecule has 0 saturated carbocycles. The number of carbonyl (C=O) groups excluding carboxylic acids is 2. The van der Waals surface area contributed by atoms with Crippen molar-refractivity contribution in [3.05, 3.63) is 59.4 Å². The Bertz CT molecular complexity index is 1060. The van der Waals surface area contributed by atoms with Crippen molar-refractivity contribution in [2.75, 3.05) is 43.3 Å². The molecule has 0 radical (unpaired) electrons. The molecular weight excluding hydrogens is 444 g/mol. The van der Waals surface area contributed by atoms with Gasteiger partial charge in [-0.15, -0.1) is 0 Å². The fourth-order valence-corrected chi connectivity index (χ4v) is 4.74. The molecule has 0 unspecified atom stereocenters. The first kappa shape index (κ1) is 24.7. The van der Waals surface area contributed by atoms with E-state index in [-0.39, 0.29) is 18.2 Å². The van der Waals surface area contributed by atoms with E-state index in [1.54, 1.807) is 38.1 Å². The molecule has 1 saturated heterocycles. The Balaban J connectivity index is 1.71. The quantitative estimate of drug-likeness (QED) is 0.539. The molecule has 0 atom stereocenters. The van der Waals surface area contributed by atoms with Crippen molar-refractivity contribution in [3.8, 4) is 0 Å². The van der Waals surface area contributed by atoms with Crippen molar-refractivity contribution in [2.45, 2.75) is 26.9 Å². The molecule has 3 rings (SSSR count). The number of anilines is 1. The third-order valence-corrected chi connectivity index (χ3v) is 7.44. The monoisotopic (exact) mass is 474 g/mol. The van der Waals surface area contributed by atoms with Gasteiger partial charge in [0.15, 0.2) is 0 Å². The van der Waals surface area contributed by atoms with E-state index in [2.05, 4.69) is 14.6 Å². The van der Waals surface area contributed by atoms with E-state index in [0.29, 0.717) is 16.9 Å². The van der Waals surface area contributed by atoms with Crippen molar-refractivity contribution in [1.29, 1.82) is 0 Å². The molecule has 2 heterocycles. The van der Waals surface area contributed by atoms with E-state index in [4.69, 9.17) is 0 Å². The van der Waals surface area contributed by atoms with Crippen molar-refractivity contribution in [3.63, 3.8) is 0 Å². The summed E-state index contributed by atoms with van der Waals surface area (Å²) < 4.78 is 31.6. The Labute approximate surface area is 195 Å². The number of hydrogen-bond donors (Lipinski definition) is 0. The minimum atomic E-state index is -3.54. The molecule has 0 bridgehead atoms. The van der Waals surface area contributed by atoms with Gasteiger partial charge in [0.1, 0.15) is 0 Å². The average molecular weight is 475 g/mol. The normalized spacial score (nSPS) is 14.7. The molecule has 1 fully saturated rings. The fourth-order valence-electron chi connectivity index (χ4n) is 3.66. The average Bonchev–Trinajstić information content (AvgIpc) is 2.83. The van der Waals surface area contributed by atoms with Gasteiger partial charge in [-0.05, 0) is 36.8 Å². The van der Waals surface area contributed by atoms with E-state index in [1.165, 1.54) is 17.6 Å². The van der Waals surface area contributed by atoms with Gasteiger partial charge in [0.25, 0.3) is 0 Å². The van der Waals surface area contributed by atoms with E-state index in [0.717, 1.165) is 38.3 Å². The summed E-state index contributed by atoms with van der Waals surface area (Å²) in [5.41, 5.74) is 2.46. The molecule has 1 aromatic heterocycles. The van der Waals surface area contributed by atoms with Gasteiger partial charge in [-0.25, -0.2) is 13.2 Å². The molecule has 10 heteroatoms. The fraction of sp³-hybridized carbons (Fsp3) is 0.435. The standard InChI is InChI=1S/C23H30N4O5S/c1-4-33(30,31)27(17-21-8-7-20(15-24-21)23(29)32-3)22-9-5-19(6-10-22)16-25-11-13-26(14-12-25)18(2)28/h5-10,15H,4,11-14,16-17H2,1-3H3.